The maximum atomic E-state index is 6.00. The van der Waals surface area contributed by atoms with Crippen molar-refractivity contribution in [2.75, 3.05) is 38.8 Å². The molecule has 18 heavy (non-hydrogen) atoms. The molecule has 0 amide bonds. The van der Waals surface area contributed by atoms with Crippen molar-refractivity contribution in [3.05, 3.63) is 11.5 Å². The smallest absolute Gasteiger partial charge is 0.199 e. The fourth-order valence-electron chi connectivity index (χ4n) is 2.29. The second kappa shape index (κ2) is 6.20. The maximum Gasteiger partial charge on any atom is 0.199 e. The quantitative estimate of drug-likeness (QED) is 0.784. The summed E-state index contributed by atoms with van der Waals surface area (Å²) in [6, 6.07) is 0. The number of methoxy groups -OCH3 is 2. The summed E-state index contributed by atoms with van der Waals surface area (Å²) in [7, 11) is 3.34. The lowest BCUT2D eigenvalue weighted by Crippen LogP contribution is -2.35. The van der Waals surface area contributed by atoms with E-state index in [1.165, 1.54) is 6.33 Å². The molecule has 1 aliphatic heterocycles. The Morgan fingerprint density at radius 2 is 2.06 bits per heavy atom. The Morgan fingerprint density at radius 1 is 1.33 bits per heavy atom. The predicted molar refractivity (Wildman–Crippen MR) is 70.4 cm³/mol. The molecule has 0 N–H and O–H groups in total. The zero-order valence-corrected chi connectivity index (χ0v) is 11.5. The molecule has 0 spiro atoms. The Labute approximate surface area is 112 Å². The van der Waals surface area contributed by atoms with Crippen LogP contribution in [0.2, 0.25) is 5.15 Å². The van der Waals surface area contributed by atoms with Crippen LogP contribution >= 0.6 is 11.6 Å². The average Bonchev–Trinajstić information content (AvgIpc) is 2.40. The van der Waals surface area contributed by atoms with Gasteiger partial charge in [-0.3, -0.25) is 0 Å². The molecule has 100 valence electrons. The van der Waals surface area contributed by atoms with Crippen molar-refractivity contribution in [2.24, 2.45) is 5.92 Å². The standard InChI is InChI=1S/C12H18ClN3O2/c1-17-7-9-3-5-16(6-4-9)12-10(18-2)11(13)14-8-15-12/h8-9H,3-7H2,1-2H3. The van der Waals surface area contributed by atoms with Crippen LogP contribution in [0.4, 0.5) is 5.82 Å². The number of halogens is 1. The highest BCUT2D eigenvalue weighted by Gasteiger charge is 2.23. The van der Waals surface area contributed by atoms with Gasteiger partial charge in [0.1, 0.15) is 6.33 Å². The first-order chi connectivity index (χ1) is 8.76. The maximum absolute atomic E-state index is 6.00. The van der Waals surface area contributed by atoms with Gasteiger partial charge in [0.25, 0.3) is 0 Å². The van der Waals surface area contributed by atoms with Crippen molar-refractivity contribution in [1.82, 2.24) is 9.97 Å². The first-order valence-corrected chi connectivity index (χ1v) is 6.42. The van der Waals surface area contributed by atoms with Crippen LogP contribution in [0.15, 0.2) is 6.33 Å². The number of anilines is 1. The monoisotopic (exact) mass is 271 g/mol. The molecule has 0 aromatic carbocycles. The summed E-state index contributed by atoms with van der Waals surface area (Å²) in [6.45, 7) is 2.71. The normalized spacial score (nSPS) is 16.9. The molecule has 1 fully saturated rings. The van der Waals surface area contributed by atoms with E-state index in [9.17, 15) is 0 Å². The minimum Gasteiger partial charge on any atom is -0.490 e. The van der Waals surface area contributed by atoms with E-state index in [0.717, 1.165) is 38.4 Å². The molecule has 0 saturated carbocycles. The molecule has 0 bridgehead atoms. The van der Waals surface area contributed by atoms with Crippen molar-refractivity contribution in [2.45, 2.75) is 12.8 Å². The number of rotatable bonds is 4. The number of hydrogen-bond donors (Lipinski definition) is 0. The predicted octanol–water partition coefficient (Wildman–Crippen LogP) is 2.00. The lowest BCUT2D eigenvalue weighted by molar-refractivity contribution is 0.139. The Balaban J connectivity index is 2.07. The largest absolute Gasteiger partial charge is 0.490 e. The molecule has 1 aromatic rings. The first-order valence-electron chi connectivity index (χ1n) is 6.04. The molecule has 2 rings (SSSR count). The Bertz CT molecular complexity index is 395. The highest BCUT2D eigenvalue weighted by atomic mass is 35.5. The van der Waals surface area contributed by atoms with Crippen LogP contribution in [0.5, 0.6) is 5.75 Å². The van der Waals surface area contributed by atoms with Crippen molar-refractivity contribution in [3.63, 3.8) is 0 Å². The summed E-state index contributed by atoms with van der Waals surface area (Å²) in [5.74, 6) is 1.98. The van der Waals surface area contributed by atoms with E-state index in [1.54, 1.807) is 14.2 Å². The van der Waals surface area contributed by atoms with Gasteiger partial charge < -0.3 is 14.4 Å². The third-order valence-corrected chi connectivity index (χ3v) is 3.53. The van der Waals surface area contributed by atoms with Gasteiger partial charge in [-0.2, -0.15) is 0 Å². The van der Waals surface area contributed by atoms with E-state index >= 15 is 0 Å². The SMILES string of the molecule is COCC1CCN(c2ncnc(Cl)c2OC)CC1. The van der Waals surface area contributed by atoms with Gasteiger partial charge in [-0.15, -0.1) is 0 Å². The third kappa shape index (κ3) is 2.84. The van der Waals surface area contributed by atoms with Crippen LogP contribution in [0.3, 0.4) is 0 Å². The van der Waals surface area contributed by atoms with Gasteiger partial charge in [0.15, 0.2) is 16.7 Å². The van der Waals surface area contributed by atoms with Crippen molar-refractivity contribution in [1.29, 1.82) is 0 Å². The topological polar surface area (TPSA) is 47.5 Å². The van der Waals surface area contributed by atoms with Crippen molar-refractivity contribution >= 4 is 17.4 Å². The highest BCUT2D eigenvalue weighted by molar-refractivity contribution is 6.31. The van der Waals surface area contributed by atoms with Gasteiger partial charge in [0, 0.05) is 26.8 Å². The highest BCUT2D eigenvalue weighted by Crippen LogP contribution is 2.33. The van der Waals surface area contributed by atoms with Gasteiger partial charge in [-0.05, 0) is 18.8 Å². The summed E-state index contributed by atoms with van der Waals surface area (Å²) < 4.78 is 10.5. The summed E-state index contributed by atoms with van der Waals surface area (Å²) in [5.41, 5.74) is 0. The molecule has 0 atom stereocenters. The van der Waals surface area contributed by atoms with E-state index in [1.807, 2.05) is 0 Å². The van der Waals surface area contributed by atoms with Gasteiger partial charge in [-0.1, -0.05) is 11.6 Å². The summed E-state index contributed by atoms with van der Waals surface area (Å²) in [4.78, 5) is 10.4. The molecular formula is C12H18ClN3O2. The second-order valence-corrected chi connectivity index (χ2v) is 4.77. The first kappa shape index (κ1) is 13.4. The van der Waals surface area contributed by atoms with Crippen molar-refractivity contribution < 1.29 is 9.47 Å². The zero-order chi connectivity index (χ0) is 13.0. The molecule has 6 heteroatoms. The summed E-state index contributed by atoms with van der Waals surface area (Å²) >= 11 is 6.00. The van der Waals surface area contributed by atoms with Crippen LogP contribution < -0.4 is 9.64 Å². The van der Waals surface area contributed by atoms with Gasteiger partial charge >= 0.3 is 0 Å². The minimum atomic E-state index is 0.363. The van der Waals surface area contributed by atoms with Crippen LogP contribution in [-0.4, -0.2) is 43.9 Å². The molecule has 5 nitrogen and oxygen atoms in total. The van der Waals surface area contributed by atoms with Crippen LogP contribution in [0, 0.1) is 5.92 Å². The number of nitrogens with zero attached hydrogens (tertiary/aromatic N) is 3. The molecule has 1 saturated heterocycles. The van der Waals surface area contributed by atoms with E-state index in [-0.39, 0.29) is 0 Å². The Morgan fingerprint density at radius 3 is 2.67 bits per heavy atom. The third-order valence-electron chi connectivity index (χ3n) is 3.26. The molecule has 0 aliphatic carbocycles. The number of piperidine rings is 1. The number of ether oxygens (including phenoxy) is 2. The average molecular weight is 272 g/mol. The van der Waals surface area contributed by atoms with Crippen molar-refractivity contribution in [3.8, 4) is 5.75 Å². The summed E-state index contributed by atoms with van der Waals surface area (Å²) in [5, 5.41) is 0.363. The second-order valence-electron chi connectivity index (χ2n) is 4.41. The van der Waals surface area contributed by atoms with Crippen LogP contribution in [0.1, 0.15) is 12.8 Å². The Kier molecular flexibility index (Phi) is 4.60. The molecule has 2 heterocycles. The summed E-state index contributed by atoms with van der Waals surface area (Å²) in [6.07, 6.45) is 3.67. The molecule has 0 radical (unpaired) electrons. The fourth-order valence-corrected chi connectivity index (χ4v) is 2.50. The molecular weight excluding hydrogens is 254 g/mol. The van der Waals surface area contributed by atoms with E-state index in [4.69, 9.17) is 21.1 Å². The van der Waals surface area contributed by atoms with Crippen LogP contribution in [0.25, 0.3) is 0 Å². The van der Waals surface area contributed by atoms with Gasteiger partial charge in [-0.25, -0.2) is 9.97 Å². The molecule has 1 aromatic heterocycles. The Hall–Kier alpha value is -1.07. The minimum absolute atomic E-state index is 0.363. The van der Waals surface area contributed by atoms with E-state index < -0.39 is 0 Å². The lowest BCUT2D eigenvalue weighted by Gasteiger charge is -2.33. The molecule has 1 aliphatic rings. The fraction of sp³-hybridized carbons (Fsp3) is 0.667. The molecule has 0 unspecified atom stereocenters. The van der Waals surface area contributed by atoms with Gasteiger partial charge in [0.05, 0.1) is 7.11 Å². The number of hydrogen-bond acceptors (Lipinski definition) is 5. The van der Waals surface area contributed by atoms with E-state index in [2.05, 4.69) is 14.9 Å². The number of aromatic nitrogens is 2. The lowest BCUT2D eigenvalue weighted by atomic mass is 9.98. The van der Waals surface area contributed by atoms with Gasteiger partial charge in [0.2, 0.25) is 0 Å². The zero-order valence-electron chi connectivity index (χ0n) is 10.7. The van der Waals surface area contributed by atoms with E-state index in [0.29, 0.717) is 16.8 Å². The van der Waals surface area contributed by atoms with Crippen LogP contribution in [-0.2, 0) is 4.74 Å².